The molecule has 0 saturated carbocycles. The lowest BCUT2D eigenvalue weighted by Crippen LogP contribution is -2.12. The zero-order valence-corrected chi connectivity index (χ0v) is 10.9. The summed E-state index contributed by atoms with van der Waals surface area (Å²) in [4.78, 5) is 11.8. The Hall–Kier alpha value is -1.40. The zero-order valence-electron chi connectivity index (χ0n) is 8.54. The van der Waals surface area contributed by atoms with E-state index in [1.54, 1.807) is 11.4 Å². The number of carbonyl (C=O) groups is 1. The molecule has 0 fully saturated rings. The van der Waals surface area contributed by atoms with E-state index in [-0.39, 0.29) is 11.6 Å². The third-order valence-corrected chi connectivity index (χ3v) is 3.57. The molecule has 0 aliphatic rings. The second kappa shape index (κ2) is 4.85. The minimum atomic E-state index is -0.512. The number of nitrogens with two attached hydrogens (primary N) is 1. The molecular weight excluding hydrogens is 307 g/mol. The molecule has 3 N–H and O–H groups in total. The smallest absolute Gasteiger partial charge is 0.256 e. The Bertz CT molecular complexity index is 570. The van der Waals surface area contributed by atoms with Gasteiger partial charge in [0.25, 0.3) is 5.91 Å². The van der Waals surface area contributed by atoms with Crippen LogP contribution in [0.1, 0.15) is 10.4 Å². The summed E-state index contributed by atoms with van der Waals surface area (Å²) < 4.78 is 14.2. The van der Waals surface area contributed by atoms with Crippen molar-refractivity contribution in [1.29, 1.82) is 0 Å². The minimum absolute atomic E-state index is 0.0809. The Morgan fingerprint density at radius 3 is 2.82 bits per heavy atom. The maximum Gasteiger partial charge on any atom is 0.256 e. The van der Waals surface area contributed by atoms with Gasteiger partial charge in [0, 0.05) is 11.1 Å². The van der Waals surface area contributed by atoms with Crippen molar-refractivity contribution in [2.75, 3.05) is 11.1 Å². The number of carbonyl (C=O) groups excluding carboxylic acids is 1. The number of nitrogens with one attached hydrogen (secondary N) is 1. The van der Waals surface area contributed by atoms with E-state index in [0.717, 1.165) is 3.79 Å². The molecule has 3 nitrogen and oxygen atoms in total. The number of nitrogen functional groups attached to an aromatic ring is 1. The molecule has 0 atom stereocenters. The fourth-order valence-corrected chi connectivity index (χ4v) is 2.40. The zero-order chi connectivity index (χ0) is 12.4. The Labute approximate surface area is 110 Å². The summed E-state index contributed by atoms with van der Waals surface area (Å²) in [6, 6.07) is 5.71. The van der Waals surface area contributed by atoms with Crippen LogP contribution in [0.15, 0.2) is 33.4 Å². The van der Waals surface area contributed by atoms with Gasteiger partial charge in [0.15, 0.2) is 0 Å². The summed E-state index contributed by atoms with van der Waals surface area (Å²) in [6.45, 7) is 0. The minimum Gasteiger partial charge on any atom is -0.399 e. The predicted octanol–water partition coefficient (Wildman–Crippen LogP) is 3.48. The predicted molar refractivity (Wildman–Crippen MR) is 70.8 cm³/mol. The van der Waals surface area contributed by atoms with E-state index in [9.17, 15) is 9.18 Å². The number of benzene rings is 1. The Kier molecular flexibility index (Phi) is 3.44. The molecule has 1 heterocycles. The first kappa shape index (κ1) is 12.1. The van der Waals surface area contributed by atoms with E-state index in [4.69, 9.17) is 5.73 Å². The van der Waals surface area contributed by atoms with Crippen molar-refractivity contribution in [2.24, 2.45) is 0 Å². The molecule has 2 aromatic rings. The van der Waals surface area contributed by atoms with E-state index in [0.29, 0.717) is 11.3 Å². The highest BCUT2D eigenvalue weighted by molar-refractivity contribution is 9.11. The second-order valence-corrected chi connectivity index (χ2v) is 5.62. The van der Waals surface area contributed by atoms with Crippen molar-refractivity contribution in [3.63, 3.8) is 0 Å². The highest BCUT2D eigenvalue weighted by atomic mass is 79.9. The van der Waals surface area contributed by atoms with Crippen molar-refractivity contribution in [2.45, 2.75) is 0 Å². The van der Waals surface area contributed by atoms with Crippen LogP contribution in [0.2, 0.25) is 0 Å². The summed E-state index contributed by atoms with van der Waals surface area (Å²) in [5.74, 6) is -0.877. The van der Waals surface area contributed by atoms with Crippen molar-refractivity contribution in [1.82, 2.24) is 0 Å². The lowest BCUT2D eigenvalue weighted by atomic mass is 10.2. The van der Waals surface area contributed by atoms with Gasteiger partial charge in [0.2, 0.25) is 0 Å². The SMILES string of the molecule is Nc1ccc(F)c(NC(=O)c2csc(Br)c2)c1. The van der Waals surface area contributed by atoms with Crippen LogP contribution in [-0.2, 0) is 0 Å². The number of anilines is 2. The van der Waals surface area contributed by atoms with Crippen LogP contribution in [0.25, 0.3) is 0 Å². The number of halogens is 2. The van der Waals surface area contributed by atoms with Crippen molar-refractivity contribution in [3.05, 3.63) is 44.8 Å². The van der Waals surface area contributed by atoms with Gasteiger partial charge in [0.05, 0.1) is 15.0 Å². The second-order valence-electron chi connectivity index (χ2n) is 3.33. The molecular formula is C11H8BrFN2OS. The van der Waals surface area contributed by atoms with Crippen molar-refractivity contribution in [3.8, 4) is 0 Å². The highest BCUT2D eigenvalue weighted by Gasteiger charge is 2.11. The first-order valence-electron chi connectivity index (χ1n) is 4.66. The van der Waals surface area contributed by atoms with E-state index in [2.05, 4.69) is 21.2 Å². The third kappa shape index (κ3) is 2.83. The maximum absolute atomic E-state index is 13.4. The van der Waals surface area contributed by atoms with Crippen LogP contribution in [-0.4, -0.2) is 5.91 Å². The van der Waals surface area contributed by atoms with E-state index < -0.39 is 5.82 Å². The Morgan fingerprint density at radius 2 is 2.18 bits per heavy atom. The van der Waals surface area contributed by atoms with Crippen LogP contribution in [0, 0.1) is 5.82 Å². The summed E-state index contributed by atoms with van der Waals surface area (Å²) in [5, 5.41) is 4.16. The van der Waals surface area contributed by atoms with Gasteiger partial charge in [-0.25, -0.2) is 4.39 Å². The molecule has 0 unspecified atom stereocenters. The normalized spacial score (nSPS) is 10.2. The molecule has 0 bridgehead atoms. The summed E-state index contributed by atoms with van der Waals surface area (Å²) in [7, 11) is 0. The average molecular weight is 315 g/mol. The average Bonchev–Trinajstić information content (AvgIpc) is 2.70. The number of hydrogen-bond donors (Lipinski definition) is 2. The summed E-state index contributed by atoms with van der Waals surface area (Å²) >= 11 is 4.64. The first-order chi connectivity index (χ1) is 8.06. The molecule has 1 aromatic heterocycles. The first-order valence-corrected chi connectivity index (χ1v) is 6.34. The standard InChI is InChI=1S/C11H8BrFN2OS/c12-10-3-6(5-17-10)11(16)15-9-4-7(14)1-2-8(9)13/h1-5H,14H2,(H,15,16). The number of amides is 1. The topological polar surface area (TPSA) is 55.1 Å². The molecule has 88 valence electrons. The third-order valence-electron chi connectivity index (χ3n) is 2.07. The monoisotopic (exact) mass is 314 g/mol. The molecule has 0 aliphatic heterocycles. The molecule has 0 aliphatic carbocycles. The van der Waals surface area contributed by atoms with Gasteiger partial charge in [-0.3, -0.25) is 4.79 Å². The van der Waals surface area contributed by atoms with Gasteiger partial charge in [-0.05, 0) is 40.2 Å². The Balaban J connectivity index is 2.21. The van der Waals surface area contributed by atoms with Gasteiger partial charge in [-0.15, -0.1) is 11.3 Å². The number of thiophene rings is 1. The van der Waals surface area contributed by atoms with Crippen molar-refractivity contribution < 1.29 is 9.18 Å². The van der Waals surface area contributed by atoms with E-state index in [1.807, 2.05) is 0 Å². The molecule has 0 radical (unpaired) electrons. The van der Waals surface area contributed by atoms with Gasteiger partial charge >= 0.3 is 0 Å². The van der Waals surface area contributed by atoms with E-state index in [1.165, 1.54) is 29.5 Å². The molecule has 17 heavy (non-hydrogen) atoms. The number of hydrogen-bond acceptors (Lipinski definition) is 3. The van der Waals surface area contributed by atoms with Crippen LogP contribution in [0.5, 0.6) is 0 Å². The largest absolute Gasteiger partial charge is 0.399 e. The quantitative estimate of drug-likeness (QED) is 0.834. The molecule has 0 spiro atoms. The van der Waals surface area contributed by atoms with E-state index >= 15 is 0 Å². The van der Waals surface area contributed by atoms with Gasteiger partial charge < -0.3 is 11.1 Å². The molecule has 1 aromatic carbocycles. The van der Waals surface area contributed by atoms with Crippen LogP contribution in [0.3, 0.4) is 0 Å². The lowest BCUT2D eigenvalue weighted by molar-refractivity contribution is 0.102. The Morgan fingerprint density at radius 1 is 1.41 bits per heavy atom. The fraction of sp³-hybridized carbons (Fsp3) is 0. The lowest BCUT2D eigenvalue weighted by Gasteiger charge is -2.05. The van der Waals surface area contributed by atoms with Crippen LogP contribution >= 0.6 is 27.3 Å². The molecule has 0 saturated heterocycles. The van der Waals surface area contributed by atoms with Gasteiger partial charge in [0.1, 0.15) is 5.82 Å². The molecule has 1 amide bonds. The summed E-state index contributed by atoms with van der Waals surface area (Å²) in [5.41, 5.74) is 6.48. The van der Waals surface area contributed by atoms with Gasteiger partial charge in [-0.1, -0.05) is 0 Å². The van der Waals surface area contributed by atoms with Crippen LogP contribution in [0.4, 0.5) is 15.8 Å². The fourth-order valence-electron chi connectivity index (χ4n) is 1.26. The van der Waals surface area contributed by atoms with Gasteiger partial charge in [-0.2, -0.15) is 0 Å². The molecule has 2 rings (SSSR count). The van der Waals surface area contributed by atoms with Crippen molar-refractivity contribution >= 4 is 44.5 Å². The van der Waals surface area contributed by atoms with Crippen LogP contribution < -0.4 is 11.1 Å². The summed E-state index contributed by atoms with van der Waals surface area (Å²) in [6.07, 6.45) is 0. The molecule has 6 heteroatoms. The highest BCUT2D eigenvalue weighted by Crippen LogP contribution is 2.23. The number of rotatable bonds is 2. The maximum atomic E-state index is 13.4.